The molecule has 154 valence electrons. The lowest BCUT2D eigenvalue weighted by Gasteiger charge is -2.13. The van der Waals surface area contributed by atoms with Crippen LogP contribution in [0.1, 0.15) is 23.2 Å². The van der Waals surface area contributed by atoms with E-state index >= 15 is 0 Å². The summed E-state index contributed by atoms with van der Waals surface area (Å²) in [5.74, 6) is -0.872. The van der Waals surface area contributed by atoms with E-state index in [1.165, 1.54) is 11.3 Å². The van der Waals surface area contributed by atoms with Gasteiger partial charge in [0.15, 0.2) is 4.80 Å². The number of anilines is 1. The summed E-state index contributed by atoms with van der Waals surface area (Å²) in [5.41, 5.74) is 1.76. The van der Waals surface area contributed by atoms with E-state index in [1.54, 1.807) is 37.4 Å². The highest BCUT2D eigenvalue weighted by Gasteiger charge is 2.30. The Kier molecular flexibility index (Phi) is 5.80. The molecule has 7 nitrogen and oxygen atoms in total. The van der Waals surface area contributed by atoms with Crippen LogP contribution in [0.5, 0.6) is 0 Å². The number of hydrogen-bond donors (Lipinski definition) is 0. The molecule has 9 heteroatoms. The van der Waals surface area contributed by atoms with E-state index < -0.39 is 5.91 Å². The van der Waals surface area contributed by atoms with Gasteiger partial charge in [-0.05, 0) is 42.5 Å². The Hall–Kier alpha value is -2.81. The van der Waals surface area contributed by atoms with Gasteiger partial charge in [-0.1, -0.05) is 22.9 Å². The summed E-state index contributed by atoms with van der Waals surface area (Å²) in [6.45, 7) is 1.02. The molecule has 1 fully saturated rings. The highest BCUT2D eigenvalue weighted by Crippen LogP contribution is 2.24. The monoisotopic (exact) mass is 443 g/mol. The minimum atomic E-state index is -0.413. The van der Waals surface area contributed by atoms with Crippen molar-refractivity contribution >= 4 is 56.6 Å². The Bertz CT molecular complexity index is 1200. The number of nitrogens with zero attached hydrogens (tertiary/aromatic N) is 3. The molecule has 0 unspecified atom stereocenters. The van der Waals surface area contributed by atoms with Gasteiger partial charge in [0.25, 0.3) is 5.91 Å². The topological polar surface area (TPSA) is 81.0 Å². The number of carbonyl (C=O) groups is 3. The predicted molar refractivity (Wildman–Crippen MR) is 115 cm³/mol. The zero-order chi connectivity index (χ0) is 21.3. The zero-order valence-electron chi connectivity index (χ0n) is 16.1. The van der Waals surface area contributed by atoms with Crippen LogP contribution in [0.4, 0.5) is 5.69 Å². The second-order valence-corrected chi connectivity index (χ2v) is 8.17. The van der Waals surface area contributed by atoms with E-state index in [4.69, 9.17) is 16.3 Å². The molecule has 2 heterocycles. The van der Waals surface area contributed by atoms with Crippen molar-refractivity contribution in [2.24, 2.45) is 4.99 Å². The third-order valence-corrected chi connectivity index (χ3v) is 6.06. The molecular weight excluding hydrogens is 426 g/mol. The van der Waals surface area contributed by atoms with Gasteiger partial charge in [0.1, 0.15) is 0 Å². The summed E-state index contributed by atoms with van der Waals surface area (Å²) < 4.78 is 8.03. The fraction of sp³-hybridized carbons (Fsp3) is 0.238. The van der Waals surface area contributed by atoms with Gasteiger partial charge in [-0.15, -0.1) is 0 Å². The van der Waals surface area contributed by atoms with Crippen molar-refractivity contribution in [3.8, 4) is 0 Å². The molecule has 3 aromatic rings. The van der Waals surface area contributed by atoms with Crippen LogP contribution < -0.4 is 9.70 Å². The van der Waals surface area contributed by atoms with Crippen LogP contribution in [-0.4, -0.2) is 36.0 Å². The van der Waals surface area contributed by atoms with E-state index in [-0.39, 0.29) is 24.7 Å². The molecule has 1 aliphatic heterocycles. The molecule has 30 heavy (non-hydrogen) atoms. The fourth-order valence-corrected chi connectivity index (χ4v) is 4.63. The van der Waals surface area contributed by atoms with Gasteiger partial charge in [-0.2, -0.15) is 4.99 Å². The van der Waals surface area contributed by atoms with Gasteiger partial charge in [0.2, 0.25) is 11.8 Å². The summed E-state index contributed by atoms with van der Waals surface area (Å²) in [5, 5.41) is 0.613. The van der Waals surface area contributed by atoms with E-state index in [0.29, 0.717) is 34.2 Å². The molecule has 3 amide bonds. The number of rotatable bonds is 5. The van der Waals surface area contributed by atoms with Crippen molar-refractivity contribution in [2.75, 3.05) is 18.6 Å². The predicted octanol–water partition coefficient (Wildman–Crippen LogP) is 3.40. The molecule has 0 spiro atoms. The Morgan fingerprint density at radius 3 is 2.50 bits per heavy atom. The average Bonchev–Trinajstić information content (AvgIpc) is 3.24. The Balaban J connectivity index is 1.67. The van der Waals surface area contributed by atoms with Crippen molar-refractivity contribution in [3.05, 3.63) is 57.9 Å². The van der Waals surface area contributed by atoms with E-state index in [9.17, 15) is 14.4 Å². The minimum absolute atomic E-state index is 0.215. The maximum atomic E-state index is 12.8. The van der Waals surface area contributed by atoms with Crippen LogP contribution >= 0.6 is 22.9 Å². The van der Waals surface area contributed by atoms with E-state index in [0.717, 1.165) is 15.1 Å². The highest BCUT2D eigenvalue weighted by atomic mass is 35.5. The molecule has 1 aliphatic rings. The molecule has 0 N–H and O–H groups in total. The molecule has 0 saturated carbocycles. The minimum Gasteiger partial charge on any atom is -0.383 e. The number of imide groups is 1. The number of carbonyl (C=O) groups excluding carboxylic acids is 3. The lowest BCUT2D eigenvalue weighted by Crippen LogP contribution is -2.28. The molecule has 0 aliphatic carbocycles. The fourth-order valence-electron chi connectivity index (χ4n) is 3.30. The van der Waals surface area contributed by atoms with Crippen LogP contribution in [0.3, 0.4) is 0 Å². The number of ether oxygens (including phenoxy) is 1. The van der Waals surface area contributed by atoms with Gasteiger partial charge >= 0.3 is 0 Å². The largest absolute Gasteiger partial charge is 0.383 e. The molecule has 1 aromatic heterocycles. The highest BCUT2D eigenvalue weighted by molar-refractivity contribution is 7.16. The first-order chi connectivity index (χ1) is 14.5. The number of amides is 3. The Labute approximate surface area is 181 Å². The van der Waals surface area contributed by atoms with Crippen LogP contribution in [0.2, 0.25) is 5.02 Å². The first-order valence-corrected chi connectivity index (χ1v) is 10.5. The van der Waals surface area contributed by atoms with E-state index in [1.807, 2.05) is 16.7 Å². The Morgan fingerprint density at radius 2 is 1.83 bits per heavy atom. The number of hydrogen-bond acceptors (Lipinski definition) is 5. The summed E-state index contributed by atoms with van der Waals surface area (Å²) in [4.78, 5) is 42.5. The maximum absolute atomic E-state index is 12.8. The first kappa shape index (κ1) is 20.5. The third-order valence-electron chi connectivity index (χ3n) is 4.78. The van der Waals surface area contributed by atoms with Crippen molar-refractivity contribution < 1.29 is 19.1 Å². The molecule has 0 atom stereocenters. The normalized spacial score (nSPS) is 14.9. The maximum Gasteiger partial charge on any atom is 0.279 e. The number of thiazole rings is 1. The summed E-state index contributed by atoms with van der Waals surface area (Å²) in [7, 11) is 1.62. The number of fused-ring (bicyclic) bond motifs is 1. The molecule has 0 radical (unpaired) electrons. The first-order valence-electron chi connectivity index (χ1n) is 9.30. The summed E-state index contributed by atoms with van der Waals surface area (Å²) >= 11 is 7.47. The third kappa shape index (κ3) is 3.94. The quantitative estimate of drug-likeness (QED) is 0.566. The van der Waals surface area contributed by atoms with Gasteiger partial charge < -0.3 is 9.30 Å². The smallest absolute Gasteiger partial charge is 0.279 e. The molecule has 4 rings (SSSR count). The number of benzene rings is 2. The van der Waals surface area contributed by atoms with Crippen LogP contribution in [0.15, 0.2) is 47.5 Å². The molecule has 1 saturated heterocycles. The van der Waals surface area contributed by atoms with Crippen LogP contribution in [-0.2, 0) is 20.9 Å². The summed E-state index contributed by atoms with van der Waals surface area (Å²) in [6, 6.07) is 11.9. The van der Waals surface area contributed by atoms with E-state index in [2.05, 4.69) is 4.99 Å². The second-order valence-electron chi connectivity index (χ2n) is 6.73. The SMILES string of the molecule is COCCn1c(=NC(=O)c2ccc(N3C(=O)CCC3=O)cc2)sc2cc(Cl)ccc21. The van der Waals surface area contributed by atoms with Crippen molar-refractivity contribution in [2.45, 2.75) is 19.4 Å². The standard InChI is InChI=1S/C21H18ClN3O4S/c1-29-11-10-24-16-7-4-14(22)12-17(16)30-21(24)23-20(28)13-2-5-15(6-3-13)25-18(26)8-9-19(25)27/h2-7,12H,8-11H2,1H3. The zero-order valence-corrected chi connectivity index (χ0v) is 17.7. The molecule has 0 bridgehead atoms. The lowest BCUT2D eigenvalue weighted by molar-refractivity contribution is -0.121. The van der Waals surface area contributed by atoms with Gasteiger partial charge in [0.05, 0.1) is 22.5 Å². The molecule has 2 aromatic carbocycles. The van der Waals surface area contributed by atoms with Crippen molar-refractivity contribution in [1.82, 2.24) is 4.57 Å². The van der Waals surface area contributed by atoms with Crippen molar-refractivity contribution in [1.29, 1.82) is 0 Å². The number of aromatic nitrogens is 1. The number of halogens is 1. The van der Waals surface area contributed by atoms with Gasteiger partial charge in [0, 0.05) is 37.1 Å². The van der Waals surface area contributed by atoms with Crippen LogP contribution in [0, 0.1) is 0 Å². The summed E-state index contributed by atoms with van der Waals surface area (Å²) in [6.07, 6.45) is 0.429. The Morgan fingerprint density at radius 1 is 1.13 bits per heavy atom. The van der Waals surface area contributed by atoms with Gasteiger partial charge in [-0.25, -0.2) is 0 Å². The molecular formula is C21H18ClN3O4S. The van der Waals surface area contributed by atoms with Gasteiger partial charge in [-0.3, -0.25) is 19.3 Å². The van der Waals surface area contributed by atoms with Crippen molar-refractivity contribution in [3.63, 3.8) is 0 Å². The van der Waals surface area contributed by atoms with Crippen LogP contribution in [0.25, 0.3) is 10.2 Å². The second kappa shape index (κ2) is 8.51. The number of methoxy groups -OCH3 is 1. The lowest BCUT2D eigenvalue weighted by atomic mass is 10.2. The average molecular weight is 444 g/mol.